The molecule has 1 saturated carbocycles. The molecule has 1 saturated heterocycles. The molecule has 0 bridgehead atoms. The molecule has 2 heterocycles. The van der Waals surface area contributed by atoms with Gasteiger partial charge < -0.3 is 5.11 Å². The average molecular weight is 416 g/mol. The van der Waals surface area contributed by atoms with Crippen molar-refractivity contribution < 1.29 is 14.3 Å². The van der Waals surface area contributed by atoms with E-state index < -0.39 is 6.04 Å². The van der Waals surface area contributed by atoms with E-state index in [1.165, 1.54) is 6.07 Å². The Labute approximate surface area is 175 Å². The Balaban J connectivity index is 1.60. The van der Waals surface area contributed by atoms with Crippen LogP contribution in [0.25, 0.3) is 6.08 Å². The van der Waals surface area contributed by atoms with Crippen molar-refractivity contribution in [1.82, 2.24) is 14.7 Å². The van der Waals surface area contributed by atoms with Crippen LogP contribution in [0.4, 0.5) is 4.39 Å². The molecule has 1 aromatic heterocycles. The largest absolute Gasteiger partial charge is 0.394 e. The summed E-state index contributed by atoms with van der Waals surface area (Å²) < 4.78 is 16.3. The molecule has 0 amide bonds. The van der Waals surface area contributed by atoms with E-state index in [4.69, 9.17) is 17.7 Å². The van der Waals surface area contributed by atoms with Gasteiger partial charge in [-0.15, -0.1) is 0 Å². The molecule has 5 nitrogen and oxygen atoms in total. The quantitative estimate of drug-likeness (QED) is 0.683. The molecule has 1 aliphatic heterocycles. The minimum Gasteiger partial charge on any atom is -0.394 e. The van der Waals surface area contributed by atoms with E-state index in [1.807, 2.05) is 18.3 Å². The number of carbonyl (C=O) groups excluding carboxylic acids is 1. The third-order valence-corrected chi connectivity index (χ3v) is 6.23. The topological polar surface area (TPSA) is 58.4 Å². The Morgan fingerprint density at radius 2 is 2.10 bits per heavy atom. The molecule has 2 aromatic rings. The lowest BCUT2D eigenvalue weighted by Crippen LogP contribution is -2.42. The normalized spacial score (nSPS) is 22.7. The van der Waals surface area contributed by atoms with Gasteiger partial charge in [0.2, 0.25) is 0 Å². The number of aliphatic hydroxyl groups excluding tert-OH is 1. The van der Waals surface area contributed by atoms with Crippen molar-refractivity contribution in [1.29, 1.82) is 0 Å². The van der Waals surface area contributed by atoms with Crippen molar-refractivity contribution in [3.8, 4) is 0 Å². The van der Waals surface area contributed by atoms with E-state index in [0.717, 1.165) is 30.5 Å². The fraction of sp³-hybridized carbons (Fsp3) is 0.455. The highest BCUT2D eigenvalue weighted by Crippen LogP contribution is 2.39. The first-order valence-electron chi connectivity index (χ1n) is 10.1. The number of nitrogens with zero attached hydrogens (tertiary/aromatic N) is 3. The number of aliphatic hydroxyl groups is 1. The molecule has 29 heavy (non-hydrogen) atoms. The van der Waals surface area contributed by atoms with Gasteiger partial charge in [0.25, 0.3) is 0 Å². The molecular formula is C22H26FN3O2S. The molecule has 2 atom stereocenters. The van der Waals surface area contributed by atoms with E-state index in [2.05, 4.69) is 10.00 Å². The van der Waals surface area contributed by atoms with Crippen LogP contribution in [0, 0.1) is 11.7 Å². The van der Waals surface area contributed by atoms with Gasteiger partial charge in [0.1, 0.15) is 5.82 Å². The van der Waals surface area contributed by atoms with Gasteiger partial charge in [-0.05, 0) is 43.0 Å². The minimum absolute atomic E-state index is 0.0360. The number of likely N-dealkylation sites (tertiary alicyclic amines) is 1. The van der Waals surface area contributed by atoms with Gasteiger partial charge in [0.15, 0.2) is 5.78 Å². The van der Waals surface area contributed by atoms with Crippen LogP contribution < -0.4 is 0 Å². The van der Waals surface area contributed by atoms with Crippen molar-refractivity contribution in [2.75, 3.05) is 19.7 Å². The lowest BCUT2D eigenvalue weighted by Gasteiger charge is -2.37. The minimum atomic E-state index is -0.556. The zero-order chi connectivity index (χ0) is 20.4. The molecule has 2 fully saturated rings. The Morgan fingerprint density at radius 1 is 1.31 bits per heavy atom. The zero-order valence-electron chi connectivity index (χ0n) is 16.2. The molecule has 4 rings (SSSR count). The average Bonchev–Trinajstić information content (AvgIpc) is 3.47. The van der Waals surface area contributed by atoms with Gasteiger partial charge in [0, 0.05) is 36.0 Å². The Kier molecular flexibility index (Phi) is 6.18. The summed E-state index contributed by atoms with van der Waals surface area (Å²) in [4.78, 5) is 15.2. The Hall–Kier alpha value is -1.96. The molecule has 1 N–H and O–H groups in total. The monoisotopic (exact) mass is 415 g/mol. The number of hydrogen-bond donors (Lipinski definition) is 2. The molecule has 0 spiro atoms. The second-order valence-electron chi connectivity index (χ2n) is 7.82. The maximum Gasteiger partial charge on any atom is 0.157 e. The predicted octanol–water partition coefficient (Wildman–Crippen LogP) is 3.12. The number of piperidine rings is 1. The highest BCUT2D eigenvalue weighted by atomic mass is 32.1. The fourth-order valence-corrected chi connectivity index (χ4v) is 4.22. The Morgan fingerprint density at radius 3 is 2.83 bits per heavy atom. The van der Waals surface area contributed by atoms with E-state index in [9.17, 15) is 9.18 Å². The molecule has 2 aliphatic rings. The number of Topliss-reactive ketones (excluding diaryl/α,β-unsaturated/α-hetero) is 1. The third-order valence-electron chi connectivity index (χ3n) is 5.64. The number of hydrogen-bond acceptors (Lipinski definition) is 5. The zero-order valence-corrected chi connectivity index (χ0v) is 17.1. The summed E-state index contributed by atoms with van der Waals surface area (Å²) in [5, 5.41) is 13.6. The van der Waals surface area contributed by atoms with Crippen LogP contribution in [0.2, 0.25) is 0 Å². The summed E-state index contributed by atoms with van der Waals surface area (Å²) in [6.07, 6.45) is 6.41. The van der Waals surface area contributed by atoms with E-state index in [0.29, 0.717) is 25.2 Å². The SMILES string of the molecule is O=C(C1CC1)C(c1ccccc1F)N1CCC(S)C(=Cc2ccn(CCO)n2)C1. The van der Waals surface area contributed by atoms with Crippen molar-refractivity contribution in [2.45, 2.75) is 37.1 Å². The summed E-state index contributed by atoms with van der Waals surface area (Å²) in [6, 6.07) is 7.95. The maximum absolute atomic E-state index is 14.6. The standard InChI is InChI=1S/C22H26FN3O2S/c23-19-4-2-1-3-18(19)21(22(28)15-5-6-15)25-9-8-20(29)16(14-25)13-17-7-10-26(24-17)11-12-27/h1-4,7,10,13,15,20-21,27,29H,5-6,8-9,11-12,14H2. The van der Waals surface area contributed by atoms with Crippen LogP contribution in [-0.2, 0) is 11.3 Å². The maximum atomic E-state index is 14.6. The number of halogens is 1. The first-order chi connectivity index (χ1) is 14.1. The smallest absolute Gasteiger partial charge is 0.157 e. The van der Waals surface area contributed by atoms with E-state index in [-0.39, 0.29) is 29.4 Å². The van der Waals surface area contributed by atoms with Gasteiger partial charge in [-0.25, -0.2) is 4.39 Å². The number of aromatic nitrogens is 2. The van der Waals surface area contributed by atoms with Gasteiger partial charge in [-0.1, -0.05) is 18.2 Å². The lowest BCUT2D eigenvalue weighted by atomic mass is 9.93. The lowest BCUT2D eigenvalue weighted by molar-refractivity contribution is -0.126. The number of rotatable bonds is 7. The first kappa shape index (κ1) is 20.3. The van der Waals surface area contributed by atoms with Crippen LogP contribution in [-0.4, -0.2) is 50.5 Å². The van der Waals surface area contributed by atoms with Crippen LogP contribution in [0.1, 0.15) is 36.6 Å². The van der Waals surface area contributed by atoms with Gasteiger partial charge in [-0.3, -0.25) is 14.4 Å². The van der Waals surface area contributed by atoms with Crippen molar-refractivity contribution >= 4 is 24.5 Å². The summed E-state index contributed by atoms with van der Waals surface area (Å²) in [6.45, 7) is 1.74. The fourth-order valence-electron chi connectivity index (χ4n) is 3.94. The molecule has 2 unspecified atom stereocenters. The highest BCUT2D eigenvalue weighted by molar-refractivity contribution is 7.81. The van der Waals surface area contributed by atoms with Crippen LogP contribution >= 0.6 is 12.6 Å². The second-order valence-corrected chi connectivity index (χ2v) is 8.45. The highest BCUT2D eigenvalue weighted by Gasteiger charge is 2.40. The molecule has 1 aliphatic carbocycles. The summed E-state index contributed by atoms with van der Waals surface area (Å²) in [5.41, 5.74) is 2.33. The van der Waals surface area contributed by atoms with Gasteiger partial charge >= 0.3 is 0 Å². The predicted molar refractivity (Wildman–Crippen MR) is 113 cm³/mol. The first-order valence-corrected chi connectivity index (χ1v) is 10.6. The molecule has 0 radical (unpaired) electrons. The summed E-state index contributed by atoms with van der Waals surface area (Å²) in [5.74, 6) is -0.151. The second kappa shape index (κ2) is 8.81. The summed E-state index contributed by atoms with van der Waals surface area (Å²) in [7, 11) is 0. The van der Waals surface area contributed by atoms with Crippen LogP contribution in [0.15, 0.2) is 42.1 Å². The van der Waals surface area contributed by atoms with Crippen molar-refractivity contribution in [3.63, 3.8) is 0 Å². The Bertz CT molecular complexity index is 909. The van der Waals surface area contributed by atoms with E-state index >= 15 is 0 Å². The molecule has 7 heteroatoms. The molecule has 154 valence electrons. The van der Waals surface area contributed by atoms with Gasteiger partial charge in [0.05, 0.1) is 24.9 Å². The number of carbonyl (C=O) groups is 1. The van der Waals surface area contributed by atoms with Crippen molar-refractivity contribution in [3.05, 3.63) is 59.2 Å². The van der Waals surface area contributed by atoms with E-state index in [1.54, 1.807) is 22.9 Å². The van der Waals surface area contributed by atoms with Gasteiger partial charge in [-0.2, -0.15) is 17.7 Å². The van der Waals surface area contributed by atoms with Crippen LogP contribution in [0.5, 0.6) is 0 Å². The number of benzene rings is 1. The number of ketones is 1. The van der Waals surface area contributed by atoms with Crippen molar-refractivity contribution in [2.24, 2.45) is 5.92 Å². The summed E-state index contributed by atoms with van der Waals surface area (Å²) >= 11 is 4.73. The molecule has 1 aromatic carbocycles. The third kappa shape index (κ3) is 4.63. The number of thiol groups is 1. The van der Waals surface area contributed by atoms with Crippen LogP contribution in [0.3, 0.4) is 0 Å². The molecular weight excluding hydrogens is 389 g/mol.